The molecule has 0 atom stereocenters. The SMILES string of the molecule is O=C1NN(c2ccccc2)C(=O)/C1=C\c1c(OCc2ccc(Br)cc2)ccc2ccccc12. The summed E-state index contributed by atoms with van der Waals surface area (Å²) in [6.45, 7) is 0.359. The van der Waals surface area contributed by atoms with Crippen LogP contribution in [0.2, 0.25) is 0 Å². The van der Waals surface area contributed by atoms with Crippen molar-refractivity contribution < 1.29 is 14.3 Å². The number of rotatable bonds is 5. The number of fused-ring (bicyclic) bond motifs is 1. The Kier molecular flexibility index (Phi) is 5.67. The number of hydrogen-bond acceptors (Lipinski definition) is 3. The minimum Gasteiger partial charge on any atom is -0.488 e. The zero-order valence-corrected chi connectivity index (χ0v) is 19.1. The first-order valence-corrected chi connectivity index (χ1v) is 11.2. The van der Waals surface area contributed by atoms with Crippen LogP contribution in [-0.2, 0) is 16.2 Å². The summed E-state index contributed by atoms with van der Waals surface area (Å²) in [5.41, 5.74) is 5.01. The number of benzene rings is 4. The Balaban J connectivity index is 1.54. The Labute approximate surface area is 199 Å². The van der Waals surface area contributed by atoms with Crippen molar-refractivity contribution in [3.05, 3.63) is 112 Å². The van der Waals surface area contributed by atoms with Gasteiger partial charge in [0.1, 0.15) is 17.9 Å². The highest BCUT2D eigenvalue weighted by Crippen LogP contribution is 2.32. The van der Waals surface area contributed by atoms with Gasteiger partial charge in [0.25, 0.3) is 11.8 Å². The summed E-state index contributed by atoms with van der Waals surface area (Å²) in [4.78, 5) is 25.9. The molecule has 4 aromatic carbocycles. The number of halogens is 1. The van der Waals surface area contributed by atoms with Gasteiger partial charge in [0, 0.05) is 10.0 Å². The minimum atomic E-state index is -0.448. The molecule has 33 heavy (non-hydrogen) atoms. The van der Waals surface area contributed by atoms with Crippen molar-refractivity contribution in [3.63, 3.8) is 0 Å². The molecule has 0 aliphatic carbocycles. The van der Waals surface area contributed by atoms with Crippen LogP contribution in [0.3, 0.4) is 0 Å². The number of amides is 2. The fourth-order valence-corrected chi connectivity index (χ4v) is 4.02. The van der Waals surface area contributed by atoms with E-state index in [1.807, 2.05) is 78.9 Å². The Bertz CT molecular complexity index is 1380. The van der Waals surface area contributed by atoms with E-state index in [-0.39, 0.29) is 5.57 Å². The van der Waals surface area contributed by atoms with Gasteiger partial charge in [0.05, 0.1) is 5.69 Å². The number of anilines is 1. The normalized spacial score (nSPS) is 14.7. The predicted octanol–water partition coefficient (Wildman–Crippen LogP) is 5.64. The first-order valence-electron chi connectivity index (χ1n) is 10.4. The first-order chi connectivity index (χ1) is 16.1. The van der Waals surface area contributed by atoms with Crippen molar-refractivity contribution in [3.8, 4) is 5.75 Å². The lowest BCUT2D eigenvalue weighted by atomic mass is 10.0. The van der Waals surface area contributed by atoms with Crippen LogP contribution in [0, 0.1) is 0 Å². The minimum absolute atomic E-state index is 0.0590. The van der Waals surface area contributed by atoms with Crippen molar-refractivity contribution in [1.82, 2.24) is 5.43 Å². The number of nitrogens with zero attached hydrogens (tertiary/aromatic N) is 1. The lowest BCUT2D eigenvalue weighted by Crippen LogP contribution is -2.35. The molecule has 4 aromatic rings. The van der Waals surface area contributed by atoms with Gasteiger partial charge >= 0.3 is 0 Å². The second-order valence-electron chi connectivity index (χ2n) is 7.59. The second-order valence-corrected chi connectivity index (χ2v) is 8.50. The number of hydrazine groups is 1. The van der Waals surface area contributed by atoms with Crippen LogP contribution in [-0.4, -0.2) is 11.8 Å². The van der Waals surface area contributed by atoms with Crippen LogP contribution in [0.1, 0.15) is 11.1 Å². The fraction of sp³-hybridized carbons (Fsp3) is 0.0370. The monoisotopic (exact) mass is 498 g/mol. The molecule has 1 saturated heterocycles. The van der Waals surface area contributed by atoms with Crippen molar-refractivity contribution in [2.24, 2.45) is 0 Å². The third-order valence-electron chi connectivity index (χ3n) is 5.43. The van der Waals surface area contributed by atoms with Crippen molar-refractivity contribution in [2.45, 2.75) is 6.61 Å². The average Bonchev–Trinajstić information content (AvgIpc) is 3.13. The molecule has 6 heteroatoms. The summed E-state index contributed by atoms with van der Waals surface area (Å²) in [5.74, 6) is -0.253. The lowest BCUT2D eigenvalue weighted by molar-refractivity contribution is -0.117. The van der Waals surface area contributed by atoms with E-state index in [1.54, 1.807) is 18.2 Å². The van der Waals surface area contributed by atoms with Crippen LogP contribution < -0.4 is 15.2 Å². The number of carbonyl (C=O) groups excluding carboxylic acids is 2. The summed E-state index contributed by atoms with van der Waals surface area (Å²) in [7, 11) is 0. The highest BCUT2D eigenvalue weighted by atomic mass is 79.9. The Morgan fingerprint density at radius 3 is 2.36 bits per heavy atom. The number of nitrogens with one attached hydrogen (secondary N) is 1. The summed E-state index contributed by atoms with van der Waals surface area (Å²) < 4.78 is 7.14. The fourth-order valence-electron chi connectivity index (χ4n) is 3.75. The Morgan fingerprint density at radius 2 is 1.58 bits per heavy atom. The molecule has 1 fully saturated rings. The zero-order valence-electron chi connectivity index (χ0n) is 17.5. The number of hydrogen-bond donors (Lipinski definition) is 1. The van der Waals surface area contributed by atoms with E-state index in [4.69, 9.17) is 4.74 Å². The van der Waals surface area contributed by atoms with E-state index in [2.05, 4.69) is 21.4 Å². The highest BCUT2D eigenvalue weighted by Gasteiger charge is 2.34. The van der Waals surface area contributed by atoms with Gasteiger partial charge in [0.2, 0.25) is 0 Å². The van der Waals surface area contributed by atoms with Crippen molar-refractivity contribution >= 4 is 50.3 Å². The average molecular weight is 499 g/mol. The van der Waals surface area contributed by atoms with Gasteiger partial charge < -0.3 is 4.74 Å². The molecule has 2 amide bonds. The van der Waals surface area contributed by atoms with Crippen molar-refractivity contribution in [1.29, 1.82) is 0 Å². The van der Waals surface area contributed by atoms with E-state index in [0.717, 1.165) is 20.8 Å². The van der Waals surface area contributed by atoms with E-state index >= 15 is 0 Å². The molecule has 1 aliphatic heterocycles. The zero-order chi connectivity index (χ0) is 22.8. The number of para-hydroxylation sites is 1. The maximum Gasteiger partial charge on any atom is 0.282 e. The van der Waals surface area contributed by atoms with E-state index in [0.29, 0.717) is 23.6 Å². The maximum atomic E-state index is 13.1. The smallest absolute Gasteiger partial charge is 0.282 e. The molecule has 0 spiro atoms. The quantitative estimate of drug-likeness (QED) is 0.286. The molecule has 162 valence electrons. The second kappa shape index (κ2) is 8.92. The molecule has 1 aliphatic rings. The maximum absolute atomic E-state index is 13.1. The Hall–Kier alpha value is -3.90. The molecule has 0 saturated carbocycles. The first kappa shape index (κ1) is 21.0. The summed E-state index contributed by atoms with van der Waals surface area (Å²) in [6, 6.07) is 28.6. The van der Waals surface area contributed by atoms with Gasteiger partial charge in [-0.2, -0.15) is 0 Å². The van der Waals surface area contributed by atoms with Crippen LogP contribution in [0.15, 0.2) is 101 Å². The summed E-state index contributed by atoms with van der Waals surface area (Å²) in [5, 5.41) is 3.16. The highest BCUT2D eigenvalue weighted by molar-refractivity contribution is 9.10. The standard InChI is InChI=1S/C27H19BrN2O3/c28-20-13-10-18(11-14-20)17-33-25-15-12-19-6-4-5-9-22(19)23(25)16-24-26(31)29-30(27(24)32)21-7-2-1-3-8-21/h1-16H,17H2,(H,29,31)/b24-16-. The molecule has 5 nitrogen and oxygen atoms in total. The number of ether oxygens (including phenoxy) is 1. The lowest BCUT2D eigenvalue weighted by Gasteiger charge is -2.14. The van der Waals surface area contributed by atoms with Crippen LogP contribution in [0.25, 0.3) is 16.8 Å². The van der Waals surface area contributed by atoms with Crippen LogP contribution in [0.5, 0.6) is 5.75 Å². The number of carbonyl (C=O) groups is 2. The summed E-state index contributed by atoms with van der Waals surface area (Å²) >= 11 is 3.44. The topological polar surface area (TPSA) is 58.6 Å². The molecule has 1 heterocycles. The van der Waals surface area contributed by atoms with E-state index in [9.17, 15) is 9.59 Å². The third-order valence-corrected chi connectivity index (χ3v) is 5.96. The molecule has 0 unspecified atom stereocenters. The van der Waals surface area contributed by atoms with Gasteiger partial charge in [-0.15, -0.1) is 0 Å². The molecular weight excluding hydrogens is 480 g/mol. The van der Waals surface area contributed by atoms with Gasteiger partial charge in [0.15, 0.2) is 0 Å². The molecular formula is C27H19BrN2O3. The molecule has 0 aromatic heterocycles. The molecule has 1 N–H and O–H groups in total. The van der Waals surface area contributed by atoms with Gasteiger partial charge in [-0.3, -0.25) is 15.0 Å². The van der Waals surface area contributed by atoms with E-state index < -0.39 is 11.8 Å². The Morgan fingerprint density at radius 1 is 0.848 bits per heavy atom. The summed E-state index contributed by atoms with van der Waals surface area (Å²) in [6.07, 6.45) is 1.62. The van der Waals surface area contributed by atoms with Gasteiger partial charge in [-0.25, -0.2) is 5.01 Å². The predicted molar refractivity (Wildman–Crippen MR) is 132 cm³/mol. The largest absolute Gasteiger partial charge is 0.488 e. The molecule has 0 bridgehead atoms. The molecule has 0 radical (unpaired) electrons. The van der Waals surface area contributed by atoms with Crippen molar-refractivity contribution in [2.75, 3.05) is 5.01 Å². The molecule has 5 rings (SSSR count). The van der Waals surface area contributed by atoms with Gasteiger partial charge in [-0.1, -0.05) is 76.6 Å². The van der Waals surface area contributed by atoms with Crippen LogP contribution >= 0.6 is 15.9 Å². The van der Waals surface area contributed by atoms with E-state index in [1.165, 1.54) is 5.01 Å². The van der Waals surface area contributed by atoms with Gasteiger partial charge in [-0.05, 0) is 52.7 Å². The van der Waals surface area contributed by atoms with Crippen LogP contribution in [0.4, 0.5) is 5.69 Å². The third kappa shape index (κ3) is 4.25.